The number of aromatic nitrogens is 2. The first-order valence-corrected chi connectivity index (χ1v) is 6.55. The van der Waals surface area contributed by atoms with Crippen LogP contribution in [0.15, 0.2) is 12.4 Å². The van der Waals surface area contributed by atoms with Crippen LogP contribution < -0.4 is 5.73 Å². The second-order valence-electron chi connectivity index (χ2n) is 6.13. The fourth-order valence-corrected chi connectivity index (χ4v) is 1.69. The summed E-state index contributed by atoms with van der Waals surface area (Å²) in [5.41, 5.74) is 6.53. The van der Waals surface area contributed by atoms with Gasteiger partial charge in [-0.05, 0) is 26.9 Å². The van der Waals surface area contributed by atoms with E-state index in [9.17, 15) is 0 Å². The highest BCUT2D eigenvalue weighted by atomic mass is 15.1. The van der Waals surface area contributed by atoms with Crippen molar-refractivity contribution in [3.05, 3.63) is 18.1 Å². The summed E-state index contributed by atoms with van der Waals surface area (Å²) in [4.78, 5) is 10.2. The van der Waals surface area contributed by atoms with Crippen molar-refractivity contribution >= 4 is 5.82 Å². The van der Waals surface area contributed by atoms with Crippen molar-refractivity contribution in [2.24, 2.45) is 0 Å². The minimum atomic E-state index is 0.0526. The zero-order valence-corrected chi connectivity index (χ0v) is 12.3. The van der Waals surface area contributed by atoms with Crippen LogP contribution in [0.1, 0.15) is 45.7 Å². The molecule has 4 heteroatoms. The first-order chi connectivity index (χ1) is 8.30. The van der Waals surface area contributed by atoms with Crippen molar-refractivity contribution in [3.63, 3.8) is 0 Å². The molecule has 1 aliphatic carbocycles. The highest BCUT2D eigenvalue weighted by Crippen LogP contribution is 2.21. The summed E-state index contributed by atoms with van der Waals surface area (Å²) in [6, 6.07) is 2.72. The molecule has 0 spiro atoms. The van der Waals surface area contributed by atoms with Gasteiger partial charge in [-0.15, -0.1) is 0 Å². The smallest absolute Gasteiger partial charge is 0.127 e. The van der Waals surface area contributed by atoms with Crippen molar-refractivity contribution in [2.45, 2.75) is 51.5 Å². The van der Waals surface area contributed by atoms with Gasteiger partial charge in [0.2, 0.25) is 0 Å². The monoisotopic (exact) mass is 250 g/mol. The van der Waals surface area contributed by atoms with Gasteiger partial charge in [0.1, 0.15) is 12.1 Å². The van der Waals surface area contributed by atoms with Gasteiger partial charge in [0.05, 0.1) is 5.69 Å². The Hall–Kier alpha value is -1.16. The van der Waals surface area contributed by atoms with Crippen LogP contribution in [0.2, 0.25) is 0 Å². The maximum Gasteiger partial charge on any atom is 0.127 e. The Morgan fingerprint density at radius 2 is 1.83 bits per heavy atom. The van der Waals surface area contributed by atoms with Crippen molar-refractivity contribution < 1.29 is 0 Å². The fourth-order valence-electron chi connectivity index (χ4n) is 1.69. The lowest BCUT2D eigenvalue weighted by Crippen LogP contribution is -2.33. The second kappa shape index (κ2) is 6.14. The molecule has 2 rings (SSSR count). The largest absolute Gasteiger partial charge is 0.384 e. The van der Waals surface area contributed by atoms with E-state index in [1.54, 1.807) is 6.07 Å². The number of anilines is 1. The van der Waals surface area contributed by atoms with Crippen LogP contribution in [0, 0.1) is 0 Å². The molecule has 0 aliphatic heterocycles. The Balaban J connectivity index is 0.000000199. The Morgan fingerprint density at radius 1 is 1.22 bits per heavy atom. The lowest BCUT2D eigenvalue weighted by atomic mass is 9.92. The molecule has 1 aliphatic rings. The molecule has 0 unspecified atom stereocenters. The molecule has 0 amide bonds. The Morgan fingerprint density at radius 3 is 2.06 bits per heavy atom. The summed E-state index contributed by atoms with van der Waals surface area (Å²) in [6.45, 7) is 6.28. The number of rotatable bonds is 1. The number of nitrogen functional groups attached to an aromatic ring is 1. The summed E-state index contributed by atoms with van der Waals surface area (Å²) in [6.07, 6.45) is 5.79. The molecule has 102 valence electrons. The molecule has 0 radical (unpaired) electrons. The van der Waals surface area contributed by atoms with Crippen LogP contribution in [0.25, 0.3) is 0 Å². The number of nitrogens with zero attached hydrogens (tertiary/aromatic N) is 3. The van der Waals surface area contributed by atoms with Crippen molar-refractivity contribution in [1.82, 2.24) is 14.9 Å². The van der Waals surface area contributed by atoms with Crippen LogP contribution in [0.3, 0.4) is 0 Å². The third kappa shape index (κ3) is 4.61. The first kappa shape index (κ1) is 14.9. The maximum atomic E-state index is 5.50. The van der Waals surface area contributed by atoms with Crippen LogP contribution in [0.5, 0.6) is 0 Å². The van der Waals surface area contributed by atoms with Gasteiger partial charge >= 0.3 is 0 Å². The number of nitrogens with two attached hydrogens (primary N) is 1. The summed E-state index contributed by atoms with van der Waals surface area (Å²) in [7, 11) is 4.31. The Bertz CT molecular complexity index is 364. The molecule has 0 aromatic carbocycles. The van der Waals surface area contributed by atoms with Crippen molar-refractivity contribution in [2.75, 3.05) is 19.8 Å². The zero-order valence-electron chi connectivity index (χ0n) is 12.3. The summed E-state index contributed by atoms with van der Waals surface area (Å²) >= 11 is 0. The van der Waals surface area contributed by atoms with Gasteiger partial charge in [-0.2, -0.15) is 0 Å². The van der Waals surface area contributed by atoms with Gasteiger partial charge in [0.25, 0.3) is 0 Å². The predicted octanol–water partition coefficient (Wildman–Crippen LogP) is 2.46. The molecule has 0 atom stereocenters. The maximum absolute atomic E-state index is 5.50. The third-order valence-corrected chi connectivity index (χ3v) is 3.26. The molecular weight excluding hydrogens is 224 g/mol. The van der Waals surface area contributed by atoms with E-state index < -0.39 is 0 Å². The molecule has 18 heavy (non-hydrogen) atoms. The van der Waals surface area contributed by atoms with E-state index in [0.717, 1.165) is 11.7 Å². The van der Waals surface area contributed by atoms with Gasteiger partial charge in [-0.25, -0.2) is 9.97 Å². The molecule has 4 nitrogen and oxygen atoms in total. The van der Waals surface area contributed by atoms with E-state index in [0.29, 0.717) is 5.82 Å². The highest BCUT2D eigenvalue weighted by Gasteiger charge is 2.18. The quantitative estimate of drug-likeness (QED) is 0.832. The molecule has 0 saturated heterocycles. The Kier molecular flexibility index (Phi) is 5.08. The lowest BCUT2D eigenvalue weighted by Gasteiger charge is -2.31. The summed E-state index contributed by atoms with van der Waals surface area (Å²) in [5.74, 6) is 0.532. The molecule has 1 heterocycles. The number of hydrogen-bond donors (Lipinski definition) is 1. The molecular formula is C14H26N4. The minimum absolute atomic E-state index is 0.0526. The van der Waals surface area contributed by atoms with E-state index in [-0.39, 0.29) is 5.41 Å². The van der Waals surface area contributed by atoms with E-state index in [1.807, 2.05) is 0 Å². The minimum Gasteiger partial charge on any atom is -0.384 e. The van der Waals surface area contributed by atoms with Gasteiger partial charge < -0.3 is 10.6 Å². The topological polar surface area (TPSA) is 55.0 Å². The van der Waals surface area contributed by atoms with Gasteiger partial charge in [-0.3, -0.25) is 0 Å². The fraction of sp³-hybridized carbons (Fsp3) is 0.714. The van der Waals surface area contributed by atoms with Crippen LogP contribution in [-0.2, 0) is 5.41 Å². The average molecular weight is 250 g/mol. The normalized spacial score (nSPS) is 15.9. The molecule has 1 aromatic heterocycles. The van der Waals surface area contributed by atoms with Crippen LogP contribution in [0.4, 0.5) is 5.82 Å². The van der Waals surface area contributed by atoms with E-state index in [4.69, 9.17) is 5.73 Å². The summed E-state index contributed by atoms with van der Waals surface area (Å²) in [5, 5.41) is 0. The highest BCUT2D eigenvalue weighted by molar-refractivity contribution is 5.30. The Labute approximate surface area is 111 Å². The first-order valence-electron chi connectivity index (χ1n) is 6.55. The van der Waals surface area contributed by atoms with Crippen LogP contribution >= 0.6 is 0 Å². The predicted molar refractivity (Wildman–Crippen MR) is 76.5 cm³/mol. The molecule has 1 saturated carbocycles. The van der Waals surface area contributed by atoms with Crippen molar-refractivity contribution in [1.29, 1.82) is 0 Å². The van der Waals surface area contributed by atoms with Gasteiger partial charge in [-0.1, -0.05) is 27.2 Å². The average Bonchev–Trinajstić information content (AvgIpc) is 2.13. The lowest BCUT2D eigenvalue weighted by molar-refractivity contribution is 0.193. The molecule has 2 N–H and O–H groups in total. The molecule has 1 fully saturated rings. The van der Waals surface area contributed by atoms with E-state index in [2.05, 4.69) is 49.7 Å². The van der Waals surface area contributed by atoms with E-state index in [1.165, 1.54) is 25.6 Å². The third-order valence-electron chi connectivity index (χ3n) is 3.26. The van der Waals surface area contributed by atoms with Crippen molar-refractivity contribution in [3.8, 4) is 0 Å². The van der Waals surface area contributed by atoms with Crippen LogP contribution in [-0.4, -0.2) is 35.0 Å². The number of hydrogen-bond acceptors (Lipinski definition) is 4. The van der Waals surface area contributed by atoms with Gasteiger partial charge in [0.15, 0.2) is 0 Å². The standard InChI is InChI=1S/C8H13N3.C6H13N/c1-8(2,3)6-4-7(9)11-5-10-6;1-7(2)6-4-3-5-6/h4-5H,1-3H3,(H2,9,10,11);6H,3-5H2,1-2H3. The molecule has 0 bridgehead atoms. The van der Waals surface area contributed by atoms with Gasteiger partial charge in [0, 0.05) is 17.5 Å². The second-order valence-corrected chi connectivity index (χ2v) is 6.13. The summed E-state index contributed by atoms with van der Waals surface area (Å²) < 4.78 is 0. The molecule has 1 aromatic rings. The van der Waals surface area contributed by atoms with E-state index >= 15 is 0 Å². The zero-order chi connectivity index (χ0) is 13.8. The SMILES string of the molecule is CC(C)(C)c1cc(N)ncn1.CN(C)C1CCC1.